The quantitative estimate of drug-likeness (QED) is 0.349. The highest BCUT2D eigenvalue weighted by Gasteiger charge is 2.17. The number of fused-ring (bicyclic) bond motifs is 1. The fraction of sp³-hybridized carbons (Fsp3) is 0.261. The molecule has 10 nitrogen and oxygen atoms in total. The summed E-state index contributed by atoms with van der Waals surface area (Å²) in [7, 11) is -0.925. The Hall–Kier alpha value is -3.59. The van der Waals surface area contributed by atoms with Gasteiger partial charge < -0.3 is 18.8 Å². The van der Waals surface area contributed by atoms with Crippen molar-refractivity contribution in [1.82, 2.24) is 9.62 Å². The lowest BCUT2D eigenvalue weighted by Gasteiger charge is -2.22. The molecule has 0 atom stereocenters. The minimum atomic E-state index is -3.97. The highest BCUT2D eigenvalue weighted by atomic mass is 35.5. The molecule has 1 amide bonds. The summed E-state index contributed by atoms with van der Waals surface area (Å²) in [4.78, 5) is 25.9. The smallest absolute Gasteiger partial charge is 0.414 e. The molecule has 3 aromatic rings. The molecule has 2 aromatic carbocycles. The number of nitrogens with zero attached hydrogens (tertiary/aromatic N) is 3. The number of nitrogens with one attached hydrogen (secondary N) is 1. The summed E-state index contributed by atoms with van der Waals surface area (Å²) in [6.07, 6.45) is -0.450. The summed E-state index contributed by atoms with van der Waals surface area (Å²) < 4.78 is 40.7. The van der Waals surface area contributed by atoms with Crippen LogP contribution in [0.4, 0.5) is 10.5 Å². The zero-order valence-electron chi connectivity index (χ0n) is 19.2. The van der Waals surface area contributed by atoms with Crippen LogP contribution in [0.2, 0.25) is 5.02 Å². The predicted octanol–water partition coefficient (Wildman–Crippen LogP) is 4.16. The molecule has 1 aromatic heterocycles. The van der Waals surface area contributed by atoms with E-state index in [0.717, 1.165) is 0 Å². The van der Waals surface area contributed by atoms with E-state index in [2.05, 4.69) is 9.44 Å². The topological polar surface area (TPSA) is 144 Å². The van der Waals surface area contributed by atoms with E-state index in [1.807, 2.05) is 6.07 Å². The number of amides is 1. The molecule has 0 saturated heterocycles. The van der Waals surface area contributed by atoms with Gasteiger partial charge in [0.05, 0.1) is 11.1 Å². The Labute approximate surface area is 207 Å². The van der Waals surface area contributed by atoms with Crippen molar-refractivity contribution in [2.75, 3.05) is 20.6 Å². The number of ether oxygens (including phenoxy) is 1. The molecule has 0 fully saturated rings. The van der Waals surface area contributed by atoms with Crippen molar-refractivity contribution in [2.24, 2.45) is 0 Å². The lowest BCUT2D eigenvalue weighted by molar-refractivity contribution is 0.172. The van der Waals surface area contributed by atoms with Crippen molar-refractivity contribution in [3.63, 3.8) is 0 Å². The predicted molar refractivity (Wildman–Crippen MR) is 131 cm³/mol. The van der Waals surface area contributed by atoms with Crippen LogP contribution in [-0.4, -0.2) is 40.1 Å². The van der Waals surface area contributed by atoms with Crippen LogP contribution in [0.1, 0.15) is 23.1 Å². The van der Waals surface area contributed by atoms with Crippen molar-refractivity contribution >= 4 is 44.6 Å². The molecule has 3 rings (SSSR count). The molecule has 1 N–H and O–H groups in total. The zero-order chi connectivity index (χ0) is 25.8. The van der Waals surface area contributed by atoms with Gasteiger partial charge in [0.2, 0.25) is 0 Å². The van der Waals surface area contributed by atoms with E-state index in [-0.39, 0.29) is 41.4 Å². The third-order valence-corrected chi connectivity index (χ3v) is 6.26. The highest BCUT2D eigenvalue weighted by molar-refractivity contribution is 7.92. The fourth-order valence-corrected chi connectivity index (χ4v) is 4.21. The molecule has 0 aliphatic rings. The van der Waals surface area contributed by atoms with Crippen LogP contribution in [0.25, 0.3) is 15.7 Å². The van der Waals surface area contributed by atoms with Gasteiger partial charge in [-0.1, -0.05) is 35.9 Å². The highest BCUT2D eigenvalue weighted by Crippen LogP contribution is 2.33. The SMILES string of the molecule is Cc1c(Cc2cccc([N-]S(=O)(=O)NCCC#N)c2)c(=O)oc2cc(OC(=O)N(C)C)c(Cl)cc12. The van der Waals surface area contributed by atoms with Gasteiger partial charge in [0, 0.05) is 50.5 Å². The van der Waals surface area contributed by atoms with E-state index in [9.17, 15) is 18.0 Å². The van der Waals surface area contributed by atoms with E-state index in [4.69, 9.17) is 26.0 Å². The first kappa shape index (κ1) is 26.0. The van der Waals surface area contributed by atoms with Gasteiger partial charge >= 0.3 is 11.7 Å². The van der Waals surface area contributed by atoms with Crippen molar-refractivity contribution < 1.29 is 22.4 Å². The van der Waals surface area contributed by atoms with Crippen LogP contribution in [0.15, 0.2) is 45.6 Å². The number of aryl methyl sites for hydroxylation is 1. The lowest BCUT2D eigenvalue weighted by Crippen LogP contribution is -2.25. The third-order valence-electron chi connectivity index (χ3n) is 4.94. The van der Waals surface area contributed by atoms with E-state index in [0.29, 0.717) is 22.1 Å². The van der Waals surface area contributed by atoms with Crippen molar-refractivity contribution in [3.05, 3.63) is 73.3 Å². The van der Waals surface area contributed by atoms with E-state index in [1.54, 1.807) is 31.2 Å². The molecule has 0 saturated carbocycles. The van der Waals surface area contributed by atoms with Crippen LogP contribution >= 0.6 is 11.6 Å². The summed E-state index contributed by atoms with van der Waals surface area (Å²) in [5, 5.41) is 9.29. The average Bonchev–Trinajstić information content (AvgIpc) is 2.78. The van der Waals surface area contributed by atoms with Crippen LogP contribution in [0.3, 0.4) is 0 Å². The van der Waals surface area contributed by atoms with Crippen molar-refractivity contribution in [3.8, 4) is 11.8 Å². The van der Waals surface area contributed by atoms with Gasteiger partial charge in [-0.15, -0.1) is 5.69 Å². The number of halogens is 1. The summed E-state index contributed by atoms with van der Waals surface area (Å²) in [6, 6.07) is 11.2. The Balaban J connectivity index is 1.90. The minimum Gasteiger partial charge on any atom is -0.564 e. The number of benzene rings is 2. The number of nitriles is 1. The first-order valence-corrected chi connectivity index (χ1v) is 12.2. The second kappa shape index (κ2) is 10.8. The average molecular weight is 518 g/mol. The number of carbonyl (C=O) groups excluding carboxylic acids is 1. The molecule has 184 valence electrons. The summed E-state index contributed by atoms with van der Waals surface area (Å²) in [5.74, 6) is 0.0621. The molecule has 0 spiro atoms. The minimum absolute atomic E-state index is 0.0232. The molecule has 0 aliphatic heterocycles. The maximum Gasteiger partial charge on any atom is 0.414 e. The van der Waals surface area contributed by atoms with Gasteiger partial charge in [0.25, 0.3) is 0 Å². The van der Waals surface area contributed by atoms with Gasteiger partial charge in [0.1, 0.15) is 5.58 Å². The number of rotatable bonds is 8. The Morgan fingerprint density at radius 3 is 2.71 bits per heavy atom. The largest absolute Gasteiger partial charge is 0.564 e. The van der Waals surface area contributed by atoms with Crippen molar-refractivity contribution in [1.29, 1.82) is 5.26 Å². The fourth-order valence-electron chi connectivity index (χ4n) is 3.19. The molecule has 35 heavy (non-hydrogen) atoms. The third kappa shape index (κ3) is 6.51. The number of hydrogen-bond donors (Lipinski definition) is 1. The Morgan fingerprint density at radius 1 is 1.29 bits per heavy atom. The molecule has 0 bridgehead atoms. The van der Waals surface area contributed by atoms with Gasteiger partial charge in [-0.25, -0.2) is 22.7 Å². The summed E-state index contributed by atoms with van der Waals surface area (Å²) >= 11 is 6.30. The normalized spacial score (nSPS) is 11.2. The maximum absolute atomic E-state index is 12.8. The molecule has 0 unspecified atom stereocenters. The van der Waals surface area contributed by atoms with Gasteiger partial charge in [-0.05, 0) is 24.1 Å². The Morgan fingerprint density at radius 2 is 2.03 bits per heavy atom. The maximum atomic E-state index is 12.8. The summed E-state index contributed by atoms with van der Waals surface area (Å²) in [6.45, 7) is 1.70. The second-order valence-electron chi connectivity index (χ2n) is 7.75. The van der Waals surface area contributed by atoms with Crippen LogP contribution in [0.5, 0.6) is 5.75 Å². The zero-order valence-corrected chi connectivity index (χ0v) is 20.7. The number of carbonyl (C=O) groups is 1. The molecule has 0 radical (unpaired) electrons. The molecular weight excluding hydrogens is 496 g/mol. The van der Waals surface area contributed by atoms with Gasteiger partial charge in [-0.3, -0.25) is 0 Å². The Bertz CT molecular complexity index is 1480. The molecular formula is C23H22ClN4O6S-. The molecule has 1 heterocycles. The standard InChI is InChI=1S/C23H22ClN4O6S/c1-14-17-12-19(24)21(34-23(30)28(2)3)13-20(17)33-22(29)18(14)11-15-6-4-7-16(10-15)27-35(31,32)26-9-5-8-25/h4,6-7,10,12-13,26H,5,9,11H2,1-3H3/q-1. The monoisotopic (exact) mass is 517 g/mol. The first-order valence-electron chi connectivity index (χ1n) is 10.3. The van der Waals surface area contributed by atoms with Crippen LogP contribution < -0.4 is 15.1 Å². The Kier molecular flexibility index (Phi) is 8.01. The van der Waals surface area contributed by atoms with E-state index in [1.165, 1.54) is 31.1 Å². The van der Waals surface area contributed by atoms with E-state index >= 15 is 0 Å². The second-order valence-corrected chi connectivity index (χ2v) is 9.58. The van der Waals surface area contributed by atoms with Crippen LogP contribution in [-0.2, 0) is 16.6 Å². The van der Waals surface area contributed by atoms with Gasteiger partial charge in [-0.2, -0.15) is 5.26 Å². The van der Waals surface area contributed by atoms with Crippen molar-refractivity contribution in [2.45, 2.75) is 19.8 Å². The molecule has 12 heteroatoms. The number of hydrogen-bond acceptors (Lipinski definition) is 7. The van der Waals surface area contributed by atoms with E-state index < -0.39 is 21.9 Å². The lowest BCUT2D eigenvalue weighted by atomic mass is 9.99. The summed E-state index contributed by atoms with van der Waals surface area (Å²) in [5.41, 5.74) is 1.41. The van der Waals surface area contributed by atoms with Crippen LogP contribution in [0, 0.1) is 18.3 Å². The molecule has 0 aliphatic carbocycles. The first-order chi connectivity index (χ1) is 16.5. The van der Waals surface area contributed by atoms with Gasteiger partial charge in [0.15, 0.2) is 16.0 Å².